The first-order valence-corrected chi connectivity index (χ1v) is 13.4. The zero-order valence-corrected chi connectivity index (χ0v) is 20.5. The summed E-state index contributed by atoms with van der Waals surface area (Å²) in [5, 5.41) is 5.69. The molecular weight excluding hydrogens is 503 g/mol. The summed E-state index contributed by atoms with van der Waals surface area (Å²) in [5.74, 6) is -0.345. The van der Waals surface area contributed by atoms with Crippen LogP contribution < -0.4 is 4.90 Å². The van der Waals surface area contributed by atoms with Gasteiger partial charge in [0.1, 0.15) is 5.52 Å². The van der Waals surface area contributed by atoms with Gasteiger partial charge in [0.2, 0.25) is 5.91 Å². The highest BCUT2D eigenvalue weighted by Crippen LogP contribution is 2.33. The van der Waals surface area contributed by atoms with Crippen molar-refractivity contribution >= 4 is 65.6 Å². The molecule has 172 valence electrons. The molecule has 0 saturated heterocycles. The fraction of sp³-hybridized carbons (Fsp3) is 0.227. The SMILES string of the molecule is O=C(CCCS(=O)(=O)c1ccc(Cl)cc1)N(CCn1cccn1)c1nc2c(Cl)cccc2s1. The van der Waals surface area contributed by atoms with Crippen molar-refractivity contribution in [2.45, 2.75) is 24.3 Å². The van der Waals surface area contributed by atoms with E-state index in [2.05, 4.69) is 10.1 Å². The van der Waals surface area contributed by atoms with Crippen molar-refractivity contribution in [2.75, 3.05) is 17.2 Å². The van der Waals surface area contributed by atoms with Crippen LogP contribution in [0.3, 0.4) is 0 Å². The molecular formula is C22H20Cl2N4O3S2. The van der Waals surface area contributed by atoms with E-state index in [0.717, 1.165) is 4.70 Å². The van der Waals surface area contributed by atoms with Gasteiger partial charge in [-0.3, -0.25) is 14.4 Å². The zero-order chi connectivity index (χ0) is 23.4. The summed E-state index contributed by atoms with van der Waals surface area (Å²) in [6.07, 6.45) is 3.74. The standard InChI is InChI=1S/C22H20Cl2N4O3S2/c23-16-7-9-17(10-8-16)33(30,31)15-2-6-20(29)28(14-13-27-12-3-11-25-27)22-26-21-18(24)4-1-5-19(21)32-22/h1,3-5,7-12H,2,6,13-15H2. The maximum Gasteiger partial charge on any atom is 0.228 e. The van der Waals surface area contributed by atoms with Crippen LogP contribution >= 0.6 is 34.5 Å². The first kappa shape index (κ1) is 23.7. The van der Waals surface area contributed by atoms with E-state index in [-0.39, 0.29) is 29.4 Å². The Morgan fingerprint density at radius 3 is 2.58 bits per heavy atom. The Kier molecular flexibility index (Phi) is 7.33. The van der Waals surface area contributed by atoms with E-state index < -0.39 is 9.84 Å². The number of aromatic nitrogens is 3. The van der Waals surface area contributed by atoms with Crippen LogP contribution in [0.15, 0.2) is 65.8 Å². The molecule has 0 spiro atoms. The molecule has 11 heteroatoms. The van der Waals surface area contributed by atoms with E-state index in [4.69, 9.17) is 23.2 Å². The van der Waals surface area contributed by atoms with Crippen molar-refractivity contribution in [3.63, 3.8) is 0 Å². The number of anilines is 1. The number of benzene rings is 2. The third-order valence-electron chi connectivity index (χ3n) is 4.98. The predicted octanol–water partition coefficient (Wildman–Crippen LogP) is 5.09. The van der Waals surface area contributed by atoms with Crippen molar-refractivity contribution in [3.8, 4) is 0 Å². The molecule has 0 bridgehead atoms. The highest BCUT2D eigenvalue weighted by molar-refractivity contribution is 7.91. The second kappa shape index (κ2) is 10.2. The molecule has 0 saturated carbocycles. The van der Waals surface area contributed by atoms with Gasteiger partial charge in [-0.15, -0.1) is 0 Å². The Hall–Kier alpha value is -2.46. The van der Waals surface area contributed by atoms with Gasteiger partial charge in [-0.05, 0) is 48.9 Å². The molecule has 33 heavy (non-hydrogen) atoms. The van der Waals surface area contributed by atoms with Crippen LogP contribution in [0.25, 0.3) is 10.2 Å². The number of carbonyl (C=O) groups excluding carboxylic acids is 1. The average molecular weight is 523 g/mol. The van der Waals surface area contributed by atoms with E-state index in [1.54, 1.807) is 21.8 Å². The molecule has 2 heterocycles. The second-order valence-electron chi connectivity index (χ2n) is 7.27. The molecule has 0 aliphatic rings. The summed E-state index contributed by atoms with van der Waals surface area (Å²) in [6.45, 7) is 0.827. The van der Waals surface area contributed by atoms with Crippen LogP contribution in [-0.2, 0) is 21.2 Å². The number of para-hydroxylation sites is 1. The summed E-state index contributed by atoms with van der Waals surface area (Å²) in [4.78, 5) is 19.5. The summed E-state index contributed by atoms with van der Waals surface area (Å²) in [7, 11) is -3.51. The molecule has 0 radical (unpaired) electrons. The van der Waals surface area contributed by atoms with Gasteiger partial charge in [0.25, 0.3) is 0 Å². The fourth-order valence-corrected chi connectivity index (χ4v) is 6.03. The Balaban J connectivity index is 1.48. The smallest absolute Gasteiger partial charge is 0.228 e. The van der Waals surface area contributed by atoms with Crippen LogP contribution in [0, 0.1) is 0 Å². The van der Waals surface area contributed by atoms with Crippen LogP contribution in [0.4, 0.5) is 5.13 Å². The lowest BCUT2D eigenvalue weighted by Crippen LogP contribution is -2.34. The van der Waals surface area contributed by atoms with Crippen molar-refractivity contribution in [1.82, 2.24) is 14.8 Å². The van der Waals surface area contributed by atoms with E-state index in [1.807, 2.05) is 24.4 Å². The van der Waals surface area contributed by atoms with Crippen LogP contribution in [0.1, 0.15) is 12.8 Å². The number of hydrogen-bond acceptors (Lipinski definition) is 6. The maximum atomic E-state index is 13.1. The maximum absolute atomic E-state index is 13.1. The number of rotatable bonds is 9. The monoisotopic (exact) mass is 522 g/mol. The largest absolute Gasteiger partial charge is 0.286 e. The van der Waals surface area contributed by atoms with Crippen LogP contribution in [-0.4, -0.2) is 41.4 Å². The van der Waals surface area contributed by atoms with Gasteiger partial charge in [-0.25, -0.2) is 13.4 Å². The third kappa shape index (κ3) is 5.73. The van der Waals surface area contributed by atoms with E-state index in [1.165, 1.54) is 35.6 Å². The topological polar surface area (TPSA) is 85.2 Å². The number of halogens is 2. The fourth-order valence-electron chi connectivity index (χ4n) is 3.29. The second-order valence-corrected chi connectivity index (χ2v) is 11.2. The van der Waals surface area contributed by atoms with Gasteiger partial charge in [0.05, 0.1) is 26.9 Å². The third-order valence-corrected chi connectivity index (χ3v) is 8.40. The predicted molar refractivity (Wildman–Crippen MR) is 132 cm³/mol. The molecule has 2 aromatic carbocycles. The van der Waals surface area contributed by atoms with Gasteiger partial charge >= 0.3 is 0 Å². The number of hydrogen-bond donors (Lipinski definition) is 0. The summed E-state index contributed by atoms with van der Waals surface area (Å²) < 4.78 is 27.8. The van der Waals surface area contributed by atoms with E-state index in [9.17, 15) is 13.2 Å². The van der Waals surface area contributed by atoms with Crippen molar-refractivity contribution in [1.29, 1.82) is 0 Å². The summed E-state index contributed by atoms with van der Waals surface area (Å²) in [6, 6.07) is 13.3. The lowest BCUT2D eigenvalue weighted by atomic mass is 10.3. The lowest BCUT2D eigenvalue weighted by Gasteiger charge is -2.20. The number of nitrogens with zero attached hydrogens (tertiary/aromatic N) is 4. The first-order valence-electron chi connectivity index (χ1n) is 10.1. The molecule has 0 atom stereocenters. The van der Waals surface area contributed by atoms with Crippen molar-refractivity contribution in [2.24, 2.45) is 0 Å². The quantitative estimate of drug-likeness (QED) is 0.305. The Morgan fingerprint density at radius 2 is 1.88 bits per heavy atom. The number of fused-ring (bicyclic) bond motifs is 1. The van der Waals surface area contributed by atoms with Gasteiger partial charge in [-0.1, -0.05) is 40.6 Å². The minimum absolute atomic E-state index is 0.0651. The molecule has 2 aromatic heterocycles. The van der Waals surface area contributed by atoms with Gasteiger partial charge < -0.3 is 0 Å². The highest BCUT2D eigenvalue weighted by atomic mass is 35.5. The van der Waals surface area contributed by atoms with Crippen molar-refractivity contribution in [3.05, 3.63) is 71.0 Å². The number of amides is 1. The minimum Gasteiger partial charge on any atom is -0.286 e. The van der Waals surface area contributed by atoms with Crippen molar-refractivity contribution < 1.29 is 13.2 Å². The first-order chi connectivity index (χ1) is 15.8. The van der Waals surface area contributed by atoms with Gasteiger partial charge in [-0.2, -0.15) is 5.10 Å². The number of sulfone groups is 1. The molecule has 4 rings (SSSR count). The molecule has 0 aliphatic heterocycles. The number of thiazole rings is 1. The molecule has 0 fully saturated rings. The molecule has 0 N–H and O–H groups in total. The van der Waals surface area contributed by atoms with Gasteiger partial charge in [0.15, 0.2) is 15.0 Å². The molecule has 0 unspecified atom stereocenters. The van der Waals surface area contributed by atoms with E-state index >= 15 is 0 Å². The Labute approximate surface area is 205 Å². The number of carbonyl (C=O) groups is 1. The zero-order valence-electron chi connectivity index (χ0n) is 17.4. The lowest BCUT2D eigenvalue weighted by molar-refractivity contribution is -0.118. The van der Waals surface area contributed by atoms with Gasteiger partial charge in [0, 0.05) is 30.4 Å². The Morgan fingerprint density at radius 1 is 1.09 bits per heavy atom. The molecule has 1 amide bonds. The molecule has 4 aromatic rings. The van der Waals surface area contributed by atoms with Crippen LogP contribution in [0.5, 0.6) is 0 Å². The normalized spacial score (nSPS) is 11.7. The Bertz CT molecular complexity index is 1350. The summed E-state index contributed by atoms with van der Waals surface area (Å²) >= 11 is 13.5. The average Bonchev–Trinajstić information content (AvgIpc) is 3.45. The van der Waals surface area contributed by atoms with E-state index in [0.29, 0.717) is 33.8 Å². The minimum atomic E-state index is -3.51. The molecule has 0 aliphatic carbocycles. The summed E-state index contributed by atoms with van der Waals surface area (Å²) in [5.41, 5.74) is 0.640. The molecule has 7 nitrogen and oxygen atoms in total. The highest BCUT2D eigenvalue weighted by Gasteiger charge is 2.22. The van der Waals surface area contributed by atoms with Crippen LogP contribution in [0.2, 0.25) is 10.0 Å².